The van der Waals surface area contributed by atoms with Crippen molar-refractivity contribution in [2.24, 2.45) is 5.73 Å². The first-order chi connectivity index (χ1) is 14.9. The Morgan fingerprint density at radius 2 is 1.87 bits per heavy atom. The third-order valence-electron chi connectivity index (χ3n) is 5.52. The summed E-state index contributed by atoms with van der Waals surface area (Å²) in [6.07, 6.45) is 3.34. The number of amidine groups is 1. The highest BCUT2D eigenvalue weighted by atomic mass is 16.4. The molecule has 8 nitrogen and oxygen atoms in total. The van der Waals surface area contributed by atoms with Crippen molar-refractivity contribution >= 4 is 29.1 Å². The molecule has 6 N–H and O–H groups in total. The predicted octanol–water partition coefficient (Wildman–Crippen LogP) is 2.96. The molecule has 1 heterocycles. The van der Waals surface area contributed by atoms with Crippen molar-refractivity contribution in [3.8, 4) is 0 Å². The monoisotopic (exact) mass is 423 g/mol. The number of carboxylic acids is 1. The molecular weight excluding hydrogens is 394 g/mol. The van der Waals surface area contributed by atoms with E-state index in [4.69, 9.17) is 16.2 Å². The number of piperidine rings is 1. The second-order valence-electron chi connectivity index (χ2n) is 7.70. The van der Waals surface area contributed by atoms with Gasteiger partial charge in [-0.3, -0.25) is 19.9 Å². The number of rotatable bonds is 9. The highest BCUT2D eigenvalue weighted by Crippen LogP contribution is 2.21. The molecule has 0 unspecified atom stereocenters. The fourth-order valence-electron chi connectivity index (χ4n) is 3.82. The van der Waals surface area contributed by atoms with E-state index in [1.54, 1.807) is 30.3 Å². The van der Waals surface area contributed by atoms with Crippen LogP contribution in [0.15, 0.2) is 48.5 Å². The number of aliphatic carboxylic acids is 1. The number of nitrogens with two attached hydrogens (primary N) is 1. The Balaban J connectivity index is 1.64. The summed E-state index contributed by atoms with van der Waals surface area (Å²) in [7, 11) is 0. The topological polar surface area (TPSA) is 132 Å². The number of anilines is 2. The van der Waals surface area contributed by atoms with Crippen molar-refractivity contribution in [1.29, 1.82) is 5.41 Å². The van der Waals surface area contributed by atoms with Gasteiger partial charge in [-0.25, -0.2) is 0 Å². The van der Waals surface area contributed by atoms with Gasteiger partial charge in [0.15, 0.2) is 0 Å². The van der Waals surface area contributed by atoms with Gasteiger partial charge in [0.05, 0.1) is 12.0 Å². The molecule has 164 valence electrons. The first-order valence-corrected chi connectivity index (χ1v) is 10.5. The van der Waals surface area contributed by atoms with Crippen LogP contribution in [0.3, 0.4) is 0 Å². The summed E-state index contributed by atoms with van der Waals surface area (Å²) in [4.78, 5) is 26.0. The zero-order valence-electron chi connectivity index (χ0n) is 17.4. The molecule has 8 heteroatoms. The van der Waals surface area contributed by atoms with Crippen LogP contribution in [0.1, 0.15) is 41.6 Å². The van der Waals surface area contributed by atoms with Gasteiger partial charge in [0, 0.05) is 36.1 Å². The molecule has 0 aromatic heterocycles. The Morgan fingerprint density at radius 1 is 1.13 bits per heavy atom. The molecule has 1 fully saturated rings. The number of carboxylic acid groups (broad SMARTS) is 1. The van der Waals surface area contributed by atoms with Crippen LogP contribution in [0.4, 0.5) is 11.4 Å². The maximum absolute atomic E-state index is 12.9. The smallest absolute Gasteiger partial charge is 0.304 e. The molecule has 0 spiro atoms. The van der Waals surface area contributed by atoms with Crippen molar-refractivity contribution in [3.63, 3.8) is 0 Å². The Bertz CT molecular complexity index is 929. The lowest BCUT2D eigenvalue weighted by Gasteiger charge is -2.35. The van der Waals surface area contributed by atoms with Crippen molar-refractivity contribution in [2.45, 2.75) is 31.7 Å². The van der Waals surface area contributed by atoms with Crippen LogP contribution in [0.5, 0.6) is 0 Å². The molecule has 1 aliphatic rings. The van der Waals surface area contributed by atoms with E-state index in [0.717, 1.165) is 31.5 Å². The van der Waals surface area contributed by atoms with Crippen molar-refractivity contribution in [1.82, 2.24) is 4.90 Å². The molecule has 0 bridgehead atoms. The van der Waals surface area contributed by atoms with Gasteiger partial charge in [0.25, 0.3) is 5.91 Å². The standard InChI is InChI=1S/C23H29N5O3/c24-22(25)16-8-10-17(11-9-16)27-23(31)19-6-1-2-7-20(19)26-15-18-5-3-4-13-28(18)14-12-21(29)30/h1-2,6-11,18,26H,3-5,12-15H2,(H3,24,25)(H,27,31)(H,29,30)/t18-/m1/s1. The number of hydrogen-bond donors (Lipinski definition) is 5. The summed E-state index contributed by atoms with van der Waals surface area (Å²) in [5.41, 5.74) is 7.96. The van der Waals surface area contributed by atoms with Crippen LogP contribution in [0.25, 0.3) is 0 Å². The molecule has 1 aliphatic heterocycles. The van der Waals surface area contributed by atoms with Crippen molar-refractivity contribution in [3.05, 3.63) is 59.7 Å². The predicted molar refractivity (Wildman–Crippen MR) is 122 cm³/mol. The van der Waals surface area contributed by atoms with Crippen LogP contribution >= 0.6 is 0 Å². The van der Waals surface area contributed by atoms with Gasteiger partial charge in [0.1, 0.15) is 5.84 Å². The van der Waals surface area contributed by atoms with Crippen molar-refractivity contribution < 1.29 is 14.7 Å². The highest BCUT2D eigenvalue weighted by molar-refractivity contribution is 6.08. The lowest BCUT2D eigenvalue weighted by molar-refractivity contribution is -0.137. The lowest BCUT2D eigenvalue weighted by Crippen LogP contribution is -2.44. The Morgan fingerprint density at radius 3 is 2.58 bits per heavy atom. The molecule has 2 aromatic rings. The molecule has 1 amide bonds. The van der Waals surface area contributed by atoms with E-state index in [0.29, 0.717) is 29.9 Å². The van der Waals surface area contributed by atoms with Gasteiger partial charge in [0.2, 0.25) is 0 Å². The number of carbonyl (C=O) groups is 2. The van der Waals surface area contributed by atoms with Gasteiger partial charge in [-0.05, 0) is 55.8 Å². The molecule has 3 rings (SSSR count). The molecule has 2 aromatic carbocycles. The third-order valence-corrected chi connectivity index (χ3v) is 5.52. The van der Waals surface area contributed by atoms with E-state index in [-0.39, 0.29) is 24.2 Å². The third kappa shape index (κ3) is 6.29. The number of likely N-dealkylation sites (tertiary alicyclic amines) is 1. The average molecular weight is 424 g/mol. The van der Waals surface area contributed by atoms with Crippen LogP contribution in [0, 0.1) is 5.41 Å². The molecular formula is C23H29N5O3. The number of benzene rings is 2. The van der Waals surface area contributed by atoms with E-state index in [1.165, 1.54) is 0 Å². The highest BCUT2D eigenvalue weighted by Gasteiger charge is 2.23. The maximum atomic E-state index is 12.9. The summed E-state index contributed by atoms with van der Waals surface area (Å²) in [6, 6.07) is 14.4. The first kappa shape index (κ1) is 22.3. The minimum absolute atomic E-state index is 0.0208. The van der Waals surface area contributed by atoms with E-state index >= 15 is 0 Å². The Hall–Kier alpha value is -3.39. The van der Waals surface area contributed by atoms with Gasteiger partial charge in [-0.2, -0.15) is 0 Å². The average Bonchev–Trinajstić information content (AvgIpc) is 2.77. The molecule has 0 radical (unpaired) electrons. The van der Waals surface area contributed by atoms with E-state index in [9.17, 15) is 9.59 Å². The molecule has 31 heavy (non-hydrogen) atoms. The molecule has 1 atom stereocenters. The summed E-state index contributed by atoms with van der Waals surface area (Å²) >= 11 is 0. The zero-order chi connectivity index (χ0) is 22.2. The lowest BCUT2D eigenvalue weighted by atomic mass is 10.0. The molecule has 0 saturated carbocycles. The van der Waals surface area contributed by atoms with Crippen LogP contribution < -0.4 is 16.4 Å². The Labute approximate surface area is 181 Å². The van der Waals surface area contributed by atoms with Gasteiger partial charge >= 0.3 is 5.97 Å². The van der Waals surface area contributed by atoms with Crippen LogP contribution in [-0.2, 0) is 4.79 Å². The van der Waals surface area contributed by atoms with E-state index in [1.807, 2.05) is 18.2 Å². The quantitative estimate of drug-likeness (QED) is 0.311. The number of nitrogens with zero attached hydrogens (tertiary/aromatic N) is 1. The minimum atomic E-state index is -0.782. The fourth-order valence-corrected chi connectivity index (χ4v) is 3.82. The maximum Gasteiger partial charge on any atom is 0.304 e. The number of nitrogens with one attached hydrogen (secondary N) is 3. The number of hydrogen-bond acceptors (Lipinski definition) is 5. The van der Waals surface area contributed by atoms with Gasteiger partial charge in [-0.1, -0.05) is 18.6 Å². The largest absolute Gasteiger partial charge is 0.481 e. The Kier molecular flexibility index (Phi) is 7.61. The van der Waals surface area contributed by atoms with Crippen LogP contribution in [0.2, 0.25) is 0 Å². The second-order valence-corrected chi connectivity index (χ2v) is 7.70. The van der Waals surface area contributed by atoms with E-state index < -0.39 is 5.97 Å². The number of amides is 1. The molecule has 1 saturated heterocycles. The van der Waals surface area contributed by atoms with Crippen LogP contribution in [-0.4, -0.2) is 53.4 Å². The minimum Gasteiger partial charge on any atom is -0.481 e. The second kappa shape index (κ2) is 10.6. The van der Waals surface area contributed by atoms with Crippen molar-refractivity contribution in [2.75, 3.05) is 30.3 Å². The fraction of sp³-hybridized carbons (Fsp3) is 0.348. The van der Waals surface area contributed by atoms with E-state index in [2.05, 4.69) is 15.5 Å². The first-order valence-electron chi connectivity index (χ1n) is 10.5. The summed E-state index contributed by atoms with van der Waals surface area (Å²) < 4.78 is 0. The SMILES string of the molecule is N=C(N)c1ccc(NC(=O)c2ccccc2NC[C@H]2CCCCN2CCC(=O)O)cc1. The van der Waals surface area contributed by atoms with Gasteiger partial charge < -0.3 is 21.5 Å². The number of nitrogen functional groups attached to an aromatic ring is 1. The normalized spacial score (nSPS) is 16.5. The summed E-state index contributed by atoms with van der Waals surface area (Å²) in [6.45, 7) is 2.09. The van der Waals surface area contributed by atoms with Gasteiger partial charge in [-0.15, -0.1) is 0 Å². The number of carbonyl (C=O) groups excluding carboxylic acids is 1. The zero-order valence-corrected chi connectivity index (χ0v) is 17.4. The summed E-state index contributed by atoms with van der Waals surface area (Å²) in [5, 5.41) is 22.7. The molecule has 0 aliphatic carbocycles. The number of para-hydroxylation sites is 1. The summed E-state index contributed by atoms with van der Waals surface area (Å²) in [5.74, 6) is -1.03.